The van der Waals surface area contributed by atoms with Gasteiger partial charge in [0, 0.05) is 32.2 Å². The number of nitrogens with zero attached hydrogens (tertiary/aromatic N) is 2. The molecule has 0 atom stereocenters. The highest BCUT2D eigenvalue weighted by atomic mass is 16.2. The molecule has 1 aliphatic carbocycles. The van der Waals surface area contributed by atoms with Crippen molar-refractivity contribution >= 4 is 18.2 Å². The topological polar surface area (TPSA) is 69.7 Å². The molecule has 0 unspecified atom stereocenters. The molecular formula is C14H23N3O3. The van der Waals surface area contributed by atoms with Crippen molar-refractivity contribution in [3.63, 3.8) is 0 Å². The van der Waals surface area contributed by atoms with Gasteiger partial charge in [0.25, 0.3) is 0 Å². The van der Waals surface area contributed by atoms with Crippen LogP contribution in [0, 0.1) is 0 Å². The summed E-state index contributed by atoms with van der Waals surface area (Å²) < 4.78 is 0. The molecule has 0 aromatic rings. The lowest BCUT2D eigenvalue weighted by molar-refractivity contribution is -0.147. The maximum Gasteiger partial charge on any atom is 0.312 e. The summed E-state index contributed by atoms with van der Waals surface area (Å²) in [7, 11) is 0. The minimum absolute atomic E-state index is 0.144. The lowest BCUT2D eigenvalue weighted by atomic mass is 10.1. The Balaban J connectivity index is 1.79. The largest absolute Gasteiger partial charge is 0.345 e. The second kappa shape index (κ2) is 7.26. The van der Waals surface area contributed by atoms with Gasteiger partial charge in [0.15, 0.2) is 0 Å². The molecule has 0 aromatic carbocycles. The molecular weight excluding hydrogens is 258 g/mol. The number of piperazine rings is 1. The second-order valence-electron chi connectivity index (χ2n) is 5.60. The quantitative estimate of drug-likeness (QED) is 0.444. The molecule has 1 heterocycles. The number of hydrogen-bond donors (Lipinski definition) is 1. The fourth-order valence-corrected chi connectivity index (χ4v) is 2.84. The number of carbonyl (C=O) groups is 3. The molecule has 6 nitrogen and oxygen atoms in total. The summed E-state index contributed by atoms with van der Waals surface area (Å²) in [5, 5.41) is 2.87. The van der Waals surface area contributed by atoms with E-state index in [1.807, 2.05) is 0 Å². The third-order valence-electron chi connectivity index (χ3n) is 4.14. The summed E-state index contributed by atoms with van der Waals surface area (Å²) in [6.07, 6.45) is 7.40. The average molecular weight is 281 g/mol. The highest BCUT2D eigenvalue weighted by molar-refractivity contribution is 6.35. The van der Waals surface area contributed by atoms with Gasteiger partial charge in [-0.15, -0.1) is 0 Å². The van der Waals surface area contributed by atoms with Crippen molar-refractivity contribution < 1.29 is 14.4 Å². The molecule has 1 N–H and O–H groups in total. The molecule has 2 fully saturated rings. The fourth-order valence-electron chi connectivity index (χ4n) is 2.84. The van der Waals surface area contributed by atoms with Crippen molar-refractivity contribution in [3.8, 4) is 0 Å². The van der Waals surface area contributed by atoms with E-state index in [1.54, 1.807) is 4.90 Å². The van der Waals surface area contributed by atoms with Crippen LogP contribution in [0.4, 0.5) is 0 Å². The predicted octanol–water partition coefficient (Wildman–Crippen LogP) is 0.126. The van der Waals surface area contributed by atoms with Gasteiger partial charge in [-0.25, -0.2) is 0 Å². The first-order valence-electron chi connectivity index (χ1n) is 7.50. The maximum absolute atomic E-state index is 12.1. The smallest absolute Gasteiger partial charge is 0.312 e. The van der Waals surface area contributed by atoms with Gasteiger partial charge in [0.2, 0.25) is 6.41 Å². The Morgan fingerprint density at radius 3 is 2.10 bits per heavy atom. The highest BCUT2D eigenvalue weighted by Crippen LogP contribution is 2.17. The van der Waals surface area contributed by atoms with Crippen molar-refractivity contribution in [2.45, 2.75) is 44.6 Å². The van der Waals surface area contributed by atoms with Crippen LogP contribution in [0.2, 0.25) is 0 Å². The summed E-state index contributed by atoms with van der Waals surface area (Å²) in [5.74, 6) is -0.948. The maximum atomic E-state index is 12.1. The third-order valence-corrected chi connectivity index (χ3v) is 4.14. The Morgan fingerprint density at radius 1 is 0.950 bits per heavy atom. The first-order valence-corrected chi connectivity index (χ1v) is 7.50. The van der Waals surface area contributed by atoms with Gasteiger partial charge >= 0.3 is 11.8 Å². The van der Waals surface area contributed by atoms with Crippen molar-refractivity contribution in [1.29, 1.82) is 0 Å². The molecule has 112 valence electrons. The molecule has 1 aliphatic heterocycles. The van der Waals surface area contributed by atoms with Crippen LogP contribution in [0.1, 0.15) is 38.5 Å². The number of rotatable bonds is 2. The molecule has 3 amide bonds. The van der Waals surface area contributed by atoms with E-state index in [0.29, 0.717) is 26.2 Å². The minimum atomic E-state index is -0.489. The lowest BCUT2D eigenvalue weighted by Crippen LogP contribution is -2.53. The van der Waals surface area contributed by atoms with E-state index >= 15 is 0 Å². The van der Waals surface area contributed by atoms with Crippen LogP contribution in [0.3, 0.4) is 0 Å². The zero-order chi connectivity index (χ0) is 14.4. The normalized spacial score (nSPS) is 21.2. The van der Waals surface area contributed by atoms with Crippen LogP contribution in [-0.2, 0) is 14.4 Å². The Labute approximate surface area is 119 Å². The van der Waals surface area contributed by atoms with Crippen LogP contribution in [0.5, 0.6) is 0 Å². The van der Waals surface area contributed by atoms with Crippen LogP contribution in [-0.4, -0.2) is 60.2 Å². The van der Waals surface area contributed by atoms with Crippen molar-refractivity contribution in [2.24, 2.45) is 0 Å². The van der Waals surface area contributed by atoms with E-state index in [2.05, 4.69) is 5.32 Å². The molecule has 2 aliphatic rings. The number of carbonyl (C=O) groups excluding carboxylic acids is 3. The standard InChI is InChI=1S/C14H23N3O3/c18-11-16-7-9-17(10-8-16)14(20)13(19)15-12-5-3-1-2-4-6-12/h11-12H,1-10H2,(H,15,19). The summed E-state index contributed by atoms with van der Waals surface area (Å²) in [6.45, 7) is 1.89. The molecule has 0 radical (unpaired) electrons. The highest BCUT2D eigenvalue weighted by Gasteiger charge is 2.27. The van der Waals surface area contributed by atoms with Gasteiger partial charge in [-0.3, -0.25) is 14.4 Å². The van der Waals surface area contributed by atoms with Gasteiger partial charge in [-0.2, -0.15) is 0 Å². The van der Waals surface area contributed by atoms with Gasteiger partial charge in [-0.1, -0.05) is 25.7 Å². The molecule has 6 heteroatoms. The van der Waals surface area contributed by atoms with Gasteiger partial charge in [-0.05, 0) is 12.8 Å². The van der Waals surface area contributed by atoms with E-state index < -0.39 is 11.8 Å². The van der Waals surface area contributed by atoms with Gasteiger partial charge in [0.1, 0.15) is 0 Å². The molecule has 0 aromatic heterocycles. The molecule has 2 rings (SSSR count). The van der Waals surface area contributed by atoms with E-state index in [9.17, 15) is 14.4 Å². The fraction of sp³-hybridized carbons (Fsp3) is 0.786. The first kappa shape index (κ1) is 14.8. The lowest BCUT2D eigenvalue weighted by Gasteiger charge is -2.32. The van der Waals surface area contributed by atoms with Crippen LogP contribution >= 0.6 is 0 Å². The Kier molecular flexibility index (Phi) is 5.38. The summed E-state index contributed by atoms with van der Waals surface area (Å²) in [4.78, 5) is 37.8. The van der Waals surface area contributed by atoms with Crippen molar-refractivity contribution in [1.82, 2.24) is 15.1 Å². The zero-order valence-corrected chi connectivity index (χ0v) is 11.8. The Hall–Kier alpha value is -1.59. The number of hydrogen-bond acceptors (Lipinski definition) is 3. The second-order valence-corrected chi connectivity index (χ2v) is 5.60. The number of nitrogens with one attached hydrogen (secondary N) is 1. The van der Waals surface area contributed by atoms with E-state index in [1.165, 1.54) is 17.7 Å². The third kappa shape index (κ3) is 3.95. The van der Waals surface area contributed by atoms with Crippen molar-refractivity contribution in [3.05, 3.63) is 0 Å². The summed E-state index contributed by atoms with van der Waals surface area (Å²) in [5.41, 5.74) is 0. The predicted molar refractivity (Wildman–Crippen MR) is 73.8 cm³/mol. The molecule has 1 saturated carbocycles. The van der Waals surface area contributed by atoms with E-state index in [4.69, 9.17) is 0 Å². The van der Waals surface area contributed by atoms with Crippen LogP contribution in [0.15, 0.2) is 0 Å². The van der Waals surface area contributed by atoms with Gasteiger partial charge in [0.05, 0.1) is 0 Å². The van der Waals surface area contributed by atoms with E-state index in [0.717, 1.165) is 32.1 Å². The SMILES string of the molecule is O=CN1CCN(C(=O)C(=O)NC2CCCCCC2)CC1. The van der Waals surface area contributed by atoms with E-state index in [-0.39, 0.29) is 6.04 Å². The van der Waals surface area contributed by atoms with Crippen LogP contribution in [0.25, 0.3) is 0 Å². The van der Waals surface area contributed by atoms with Crippen LogP contribution < -0.4 is 5.32 Å². The number of amides is 3. The Morgan fingerprint density at radius 2 is 1.55 bits per heavy atom. The zero-order valence-electron chi connectivity index (χ0n) is 11.8. The molecule has 1 saturated heterocycles. The molecule has 20 heavy (non-hydrogen) atoms. The van der Waals surface area contributed by atoms with Gasteiger partial charge < -0.3 is 15.1 Å². The Bertz CT molecular complexity index is 357. The molecule has 0 spiro atoms. The summed E-state index contributed by atoms with van der Waals surface area (Å²) in [6, 6.07) is 0.144. The first-order chi connectivity index (χ1) is 9.70. The molecule has 0 bridgehead atoms. The summed E-state index contributed by atoms with van der Waals surface area (Å²) >= 11 is 0. The monoisotopic (exact) mass is 281 g/mol. The van der Waals surface area contributed by atoms with Crippen molar-refractivity contribution in [2.75, 3.05) is 26.2 Å². The minimum Gasteiger partial charge on any atom is -0.345 e. The average Bonchev–Trinajstić information content (AvgIpc) is 2.75.